The lowest BCUT2D eigenvalue weighted by Gasteiger charge is -2.17. The van der Waals surface area contributed by atoms with Gasteiger partial charge < -0.3 is 0 Å². The van der Waals surface area contributed by atoms with Crippen molar-refractivity contribution >= 4 is 11.4 Å². The third-order valence-corrected chi connectivity index (χ3v) is 3.84. The Morgan fingerprint density at radius 2 is 2.06 bits per heavy atom. The summed E-state index contributed by atoms with van der Waals surface area (Å²) < 4.78 is 0. The molecule has 0 spiro atoms. The van der Waals surface area contributed by atoms with Crippen LogP contribution in [0.5, 0.6) is 0 Å². The average Bonchev–Trinajstić information content (AvgIpc) is 3.16. The fourth-order valence-electron chi connectivity index (χ4n) is 2.59. The van der Waals surface area contributed by atoms with Gasteiger partial charge in [-0.1, -0.05) is 37.3 Å². The van der Waals surface area contributed by atoms with Crippen LogP contribution in [-0.4, -0.2) is 5.78 Å². The van der Waals surface area contributed by atoms with Gasteiger partial charge in [-0.15, -0.1) is 0 Å². The molecule has 1 nitrogen and oxygen atoms in total. The van der Waals surface area contributed by atoms with Crippen molar-refractivity contribution in [1.29, 1.82) is 0 Å². The number of aryl methyl sites for hydroxylation is 1. The van der Waals surface area contributed by atoms with Crippen LogP contribution in [0.3, 0.4) is 0 Å². The number of Topliss-reactive ketones (excluding diaryl/α,β-unsaturated/α-hetero) is 1. The Morgan fingerprint density at radius 3 is 2.61 bits per heavy atom. The van der Waals surface area contributed by atoms with Gasteiger partial charge in [0.15, 0.2) is 0 Å². The van der Waals surface area contributed by atoms with Gasteiger partial charge in [-0.3, -0.25) is 4.79 Å². The second kappa shape index (κ2) is 5.51. The summed E-state index contributed by atoms with van der Waals surface area (Å²) in [7, 11) is 0. The monoisotopic (exact) mass is 242 g/mol. The molecule has 1 atom stereocenters. The minimum atomic E-state index is 0.323. The number of carbonyl (C=O) groups excluding carboxylic acids is 1. The zero-order chi connectivity index (χ0) is 13.1. The van der Waals surface area contributed by atoms with E-state index in [1.807, 2.05) is 0 Å². The Labute approximate surface area is 110 Å². The van der Waals surface area contributed by atoms with Crippen LogP contribution in [0.25, 0.3) is 5.57 Å². The topological polar surface area (TPSA) is 17.1 Å². The number of carbonyl (C=O) groups is 1. The van der Waals surface area contributed by atoms with Crippen LogP contribution in [0, 0.1) is 18.8 Å². The van der Waals surface area contributed by atoms with Crippen molar-refractivity contribution in [2.45, 2.75) is 40.0 Å². The van der Waals surface area contributed by atoms with Crippen molar-refractivity contribution < 1.29 is 4.79 Å². The molecule has 1 aromatic carbocycles. The smallest absolute Gasteiger partial charge is 0.136 e. The number of benzene rings is 1. The van der Waals surface area contributed by atoms with E-state index in [-0.39, 0.29) is 0 Å². The highest BCUT2D eigenvalue weighted by Crippen LogP contribution is 2.35. The van der Waals surface area contributed by atoms with Gasteiger partial charge in [0.1, 0.15) is 5.78 Å². The minimum absolute atomic E-state index is 0.323. The van der Waals surface area contributed by atoms with E-state index < -0.39 is 0 Å². The van der Waals surface area contributed by atoms with Gasteiger partial charge in [0.25, 0.3) is 0 Å². The molecule has 2 rings (SSSR count). The van der Waals surface area contributed by atoms with Crippen molar-refractivity contribution in [3.8, 4) is 0 Å². The largest absolute Gasteiger partial charge is 0.299 e. The molecule has 1 heteroatoms. The van der Waals surface area contributed by atoms with E-state index >= 15 is 0 Å². The van der Waals surface area contributed by atoms with Crippen molar-refractivity contribution in [2.24, 2.45) is 11.8 Å². The van der Waals surface area contributed by atoms with Crippen molar-refractivity contribution in [3.63, 3.8) is 0 Å². The lowest BCUT2D eigenvalue weighted by Crippen LogP contribution is -2.09. The molecule has 1 fully saturated rings. The number of hydrogen-bond donors (Lipinski definition) is 0. The zero-order valence-corrected chi connectivity index (χ0v) is 11.6. The predicted octanol–water partition coefficient (Wildman–Crippen LogP) is 4.40. The SMILES string of the molecule is C/C=C(\c1ccccc1C)C(C)CC(=O)C1CC1. The maximum atomic E-state index is 11.9. The Balaban J connectivity index is 2.13. The van der Waals surface area contributed by atoms with E-state index in [0.717, 1.165) is 12.8 Å². The van der Waals surface area contributed by atoms with Gasteiger partial charge in [-0.2, -0.15) is 0 Å². The summed E-state index contributed by atoms with van der Waals surface area (Å²) in [4.78, 5) is 11.9. The summed E-state index contributed by atoms with van der Waals surface area (Å²) in [6.45, 7) is 6.37. The van der Waals surface area contributed by atoms with Gasteiger partial charge in [-0.05, 0) is 49.3 Å². The first kappa shape index (κ1) is 13.1. The fraction of sp³-hybridized carbons (Fsp3) is 0.471. The lowest BCUT2D eigenvalue weighted by molar-refractivity contribution is -0.120. The quantitative estimate of drug-likeness (QED) is 0.747. The highest BCUT2D eigenvalue weighted by atomic mass is 16.1. The first-order valence-electron chi connectivity index (χ1n) is 6.88. The van der Waals surface area contributed by atoms with Crippen LogP contribution in [0.2, 0.25) is 0 Å². The van der Waals surface area contributed by atoms with Crippen molar-refractivity contribution in [3.05, 3.63) is 41.5 Å². The normalized spacial score (nSPS) is 17.6. The highest BCUT2D eigenvalue weighted by molar-refractivity contribution is 5.85. The van der Waals surface area contributed by atoms with E-state index in [2.05, 4.69) is 51.1 Å². The fourth-order valence-corrected chi connectivity index (χ4v) is 2.59. The highest BCUT2D eigenvalue weighted by Gasteiger charge is 2.30. The predicted molar refractivity (Wildman–Crippen MR) is 76.3 cm³/mol. The summed E-state index contributed by atoms with van der Waals surface area (Å²) in [6, 6.07) is 8.42. The number of ketones is 1. The molecule has 1 unspecified atom stereocenters. The van der Waals surface area contributed by atoms with E-state index in [4.69, 9.17) is 0 Å². The number of rotatable bonds is 5. The van der Waals surface area contributed by atoms with Crippen molar-refractivity contribution in [2.75, 3.05) is 0 Å². The number of allylic oxidation sites excluding steroid dienone is 2. The van der Waals surface area contributed by atoms with Gasteiger partial charge in [-0.25, -0.2) is 0 Å². The molecule has 0 heterocycles. The molecule has 0 aliphatic heterocycles. The molecular formula is C17H22O. The van der Waals surface area contributed by atoms with E-state index in [0.29, 0.717) is 24.0 Å². The van der Waals surface area contributed by atoms with Crippen LogP contribution in [0.4, 0.5) is 0 Å². The lowest BCUT2D eigenvalue weighted by atomic mass is 9.87. The zero-order valence-electron chi connectivity index (χ0n) is 11.6. The molecule has 0 radical (unpaired) electrons. The number of hydrogen-bond acceptors (Lipinski definition) is 1. The minimum Gasteiger partial charge on any atom is -0.299 e. The van der Waals surface area contributed by atoms with Crippen LogP contribution in [-0.2, 0) is 4.79 Å². The third kappa shape index (κ3) is 2.90. The molecule has 0 bridgehead atoms. The Hall–Kier alpha value is -1.37. The molecule has 0 amide bonds. The first-order valence-corrected chi connectivity index (χ1v) is 6.88. The van der Waals surface area contributed by atoms with Gasteiger partial charge >= 0.3 is 0 Å². The third-order valence-electron chi connectivity index (χ3n) is 3.84. The Bertz CT molecular complexity index is 466. The summed E-state index contributed by atoms with van der Waals surface area (Å²) in [5, 5.41) is 0. The summed E-state index contributed by atoms with van der Waals surface area (Å²) >= 11 is 0. The molecule has 0 N–H and O–H groups in total. The van der Waals surface area contributed by atoms with Crippen LogP contribution in [0.15, 0.2) is 30.3 Å². The standard InChI is InChI=1S/C17H22O/c1-4-15(16-8-6-5-7-12(16)2)13(3)11-17(18)14-9-10-14/h4-8,13-14H,9-11H2,1-3H3/b15-4-. The van der Waals surface area contributed by atoms with E-state index in [9.17, 15) is 4.79 Å². The molecule has 0 aromatic heterocycles. The molecule has 96 valence electrons. The van der Waals surface area contributed by atoms with Gasteiger partial charge in [0.2, 0.25) is 0 Å². The molecule has 0 saturated heterocycles. The molecule has 18 heavy (non-hydrogen) atoms. The summed E-state index contributed by atoms with van der Waals surface area (Å²) in [5.41, 5.74) is 3.88. The second-order valence-corrected chi connectivity index (χ2v) is 5.40. The first-order chi connectivity index (χ1) is 8.63. The average molecular weight is 242 g/mol. The molecule has 1 aliphatic carbocycles. The summed E-state index contributed by atoms with van der Waals surface area (Å²) in [5.74, 6) is 1.15. The van der Waals surface area contributed by atoms with Crippen molar-refractivity contribution in [1.82, 2.24) is 0 Å². The van der Waals surface area contributed by atoms with Crippen LogP contribution < -0.4 is 0 Å². The van der Waals surface area contributed by atoms with E-state index in [1.165, 1.54) is 16.7 Å². The molecule has 1 aromatic rings. The van der Waals surface area contributed by atoms with Gasteiger partial charge in [0.05, 0.1) is 0 Å². The summed E-state index contributed by atoms with van der Waals surface area (Å²) in [6.07, 6.45) is 5.08. The maximum Gasteiger partial charge on any atom is 0.136 e. The van der Waals surface area contributed by atoms with Gasteiger partial charge in [0, 0.05) is 12.3 Å². The molecule has 1 aliphatic rings. The Kier molecular flexibility index (Phi) is 4.00. The van der Waals surface area contributed by atoms with Crippen LogP contribution in [0.1, 0.15) is 44.2 Å². The maximum absolute atomic E-state index is 11.9. The van der Waals surface area contributed by atoms with Crippen LogP contribution >= 0.6 is 0 Å². The molecular weight excluding hydrogens is 220 g/mol. The van der Waals surface area contributed by atoms with E-state index in [1.54, 1.807) is 0 Å². The molecule has 1 saturated carbocycles. The Morgan fingerprint density at radius 1 is 1.39 bits per heavy atom. The second-order valence-electron chi connectivity index (χ2n) is 5.40.